The maximum Gasteiger partial charge on any atom is 0.253 e. The molecule has 0 radical (unpaired) electrons. The number of thioether (sulfide) groups is 1. The van der Waals surface area contributed by atoms with E-state index >= 15 is 0 Å². The van der Waals surface area contributed by atoms with Gasteiger partial charge in [0.1, 0.15) is 18.7 Å². The zero-order valence-electron chi connectivity index (χ0n) is 17.1. The van der Waals surface area contributed by atoms with Gasteiger partial charge in [-0.1, -0.05) is 48.0 Å². The van der Waals surface area contributed by atoms with Gasteiger partial charge in [0, 0.05) is 6.54 Å². The number of halogens is 1. The summed E-state index contributed by atoms with van der Waals surface area (Å²) in [7, 11) is 0. The number of nitrogens with zero attached hydrogens (tertiary/aromatic N) is 3. The summed E-state index contributed by atoms with van der Waals surface area (Å²) in [4.78, 5) is 29.3. The molecule has 0 bridgehead atoms. The van der Waals surface area contributed by atoms with Crippen molar-refractivity contribution in [1.82, 2.24) is 25.4 Å². The number of amides is 2. The van der Waals surface area contributed by atoms with Gasteiger partial charge in [0.2, 0.25) is 5.91 Å². The Morgan fingerprint density at radius 3 is 2.55 bits per heavy atom. The van der Waals surface area contributed by atoms with Crippen molar-refractivity contribution in [3.8, 4) is 0 Å². The standard InChI is InChI=1S/C22H24ClN5O2S/c1-31-11-10-20(27-21(29)18-4-2-3-5-19(18)23)22(30)25-12-16-6-8-17(9-7-16)13-28-15-24-14-26-28/h2-9,14-15,20H,10-13H2,1H3,(H,25,30)(H,27,29). The van der Waals surface area contributed by atoms with Crippen molar-refractivity contribution in [2.24, 2.45) is 0 Å². The molecule has 0 aliphatic rings. The fourth-order valence-electron chi connectivity index (χ4n) is 2.96. The highest BCUT2D eigenvalue weighted by atomic mass is 35.5. The lowest BCUT2D eigenvalue weighted by atomic mass is 10.1. The van der Waals surface area contributed by atoms with Crippen molar-refractivity contribution in [2.75, 3.05) is 12.0 Å². The second kappa shape index (κ2) is 11.5. The van der Waals surface area contributed by atoms with Crippen molar-refractivity contribution in [2.45, 2.75) is 25.6 Å². The van der Waals surface area contributed by atoms with E-state index in [1.54, 1.807) is 47.0 Å². The molecule has 31 heavy (non-hydrogen) atoms. The molecule has 3 aromatic rings. The predicted molar refractivity (Wildman–Crippen MR) is 123 cm³/mol. The van der Waals surface area contributed by atoms with Gasteiger partial charge in [-0.05, 0) is 41.7 Å². The van der Waals surface area contributed by atoms with E-state index in [2.05, 4.69) is 20.7 Å². The monoisotopic (exact) mass is 457 g/mol. The van der Waals surface area contributed by atoms with Gasteiger partial charge in [-0.2, -0.15) is 16.9 Å². The third-order valence-corrected chi connectivity index (χ3v) is 5.63. The first-order chi connectivity index (χ1) is 15.1. The third-order valence-electron chi connectivity index (χ3n) is 4.65. The first-order valence-electron chi connectivity index (χ1n) is 9.79. The number of rotatable bonds is 10. The van der Waals surface area contributed by atoms with Crippen LogP contribution in [0.5, 0.6) is 0 Å². The molecule has 0 fully saturated rings. The van der Waals surface area contributed by atoms with Crippen LogP contribution in [0.4, 0.5) is 0 Å². The van der Waals surface area contributed by atoms with Crippen LogP contribution in [0.15, 0.2) is 61.2 Å². The largest absolute Gasteiger partial charge is 0.350 e. The quantitative estimate of drug-likeness (QED) is 0.488. The molecule has 1 heterocycles. The van der Waals surface area contributed by atoms with Crippen LogP contribution in [0.1, 0.15) is 27.9 Å². The molecule has 0 saturated heterocycles. The summed E-state index contributed by atoms with van der Waals surface area (Å²) in [5, 5.41) is 10.2. The Hall–Kier alpha value is -2.84. The van der Waals surface area contributed by atoms with Gasteiger partial charge in [-0.25, -0.2) is 9.67 Å². The van der Waals surface area contributed by atoms with Crippen LogP contribution in [0.2, 0.25) is 5.02 Å². The van der Waals surface area contributed by atoms with Gasteiger partial charge in [-0.3, -0.25) is 9.59 Å². The molecular formula is C22H24ClN5O2S. The summed E-state index contributed by atoms with van der Waals surface area (Å²) in [6.45, 7) is 1.01. The van der Waals surface area contributed by atoms with E-state index in [1.165, 1.54) is 6.33 Å². The Bertz CT molecular complexity index is 995. The minimum atomic E-state index is -0.636. The summed E-state index contributed by atoms with van der Waals surface area (Å²) in [5.74, 6) is 0.170. The van der Waals surface area contributed by atoms with Crippen LogP contribution in [-0.4, -0.2) is 44.6 Å². The Morgan fingerprint density at radius 1 is 1.13 bits per heavy atom. The molecule has 1 unspecified atom stereocenters. The number of hydrogen-bond acceptors (Lipinski definition) is 5. The van der Waals surface area contributed by atoms with Gasteiger partial charge in [-0.15, -0.1) is 0 Å². The summed E-state index contributed by atoms with van der Waals surface area (Å²) >= 11 is 7.73. The van der Waals surface area contributed by atoms with E-state index in [0.717, 1.165) is 16.9 Å². The zero-order valence-corrected chi connectivity index (χ0v) is 18.7. The van der Waals surface area contributed by atoms with Crippen LogP contribution in [-0.2, 0) is 17.9 Å². The van der Waals surface area contributed by atoms with Crippen molar-refractivity contribution >= 4 is 35.2 Å². The lowest BCUT2D eigenvalue weighted by molar-refractivity contribution is -0.123. The summed E-state index contributed by atoms with van der Waals surface area (Å²) in [6.07, 6.45) is 5.66. The molecule has 2 aromatic carbocycles. The number of benzene rings is 2. The molecule has 7 nitrogen and oxygen atoms in total. The SMILES string of the molecule is CSCCC(NC(=O)c1ccccc1Cl)C(=O)NCc1ccc(Cn2cncn2)cc1. The number of carbonyl (C=O) groups excluding carboxylic acids is 2. The van der Waals surface area contributed by atoms with E-state index in [1.807, 2.05) is 30.5 Å². The normalized spacial score (nSPS) is 11.7. The first kappa shape index (κ1) is 22.8. The third kappa shape index (κ3) is 6.83. The smallest absolute Gasteiger partial charge is 0.253 e. The molecule has 0 aliphatic heterocycles. The number of nitrogens with one attached hydrogen (secondary N) is 2. The molecule has 0 saturated carbocycles. The predicted octanol–water partition coefficient (Wildman–Crippen LogP) is 3.15. The minimum Gasteiger partial charge on any atom is -0.350 e. The van der Waals surface area contributed by atoms with Crippen LogP contribution in [0, 0.1) is 0 Å². The van der Waals surface area contributed by atoms with Crippen LogP contribution in [0.3, 0.4) is 0 Å². The second-order valence-electron chi connectivity index (χ2n) is 6.91. The maximum absolute atomic E-state index is 12.8. The number of hydrogen-bond donors (Lipinski definition) is 2. The summed E-state index contributed by atoms with van der Waals surface area (Å²) in [5.41, 5.74) is 2.41. The molecule has 1 aromatic heterocycles. The molecule has 2 N–H and O–H groups in total. The van der Waals surface area contributed by atoms with Crippen molar-refractivity contribution in [1.29, 1.82) is 0 Å². The molecule has 9 heteroatoms. The number of carbonyl (C=O) groups is 2. The summed E-state index contributed by atoms with van der Waals surface area (Å²) < 4.78 is 1.74. The Morgan fingerprint density at radius 2 is 1.87 bits per heavy atom. The molecule has 3 rings (SSSR count). The lowest BCUT2D eigenvalue weighted by Crippen LogP contribution is -2.47. The molecule has 0 aliphatic carbocycles. The van der Waals surface area contributed by atoms with Crippen molar-refractivity contribution in [3.05, 3.63) is 82.9 Å². The molecule has 1 atom stereocenters. The zero-order chi connectivity index (χ0) is 22.1. The van der Waals surface area contributed by atoms with Crippen molar-refractivity contribution in [3.63, 3.8) is 0 Å². The fourth-order valence-corrected chi connectivity index (χ4v) is 3.66. The maximum atomic E-state index is 12.8. The van der Waals surface area contributed by atoms with E-state index in [4.69, 9.17) is 11.6 Å². The van der Waals surface area contributed by atoms with E-state index in [9.17, 15) is 9.59 Å². The molecule has 2 amide bonds. The van der Waals surface area contributed by atoms with E-state index in [-0.39, 0.29) is 11.8 Å². The average Bonchev–Trinajstić information content (AvgIpc) is 3.29. The fraction of sp³-hybridized carbons (Fsp3) is 0.273. The van der Waals surface area contributed by atoms with Crippen LogP contribution < -0.4 is 10.6 Å². The van der Waals surface area contributed by atoms with E-state index in [0.29, 0.717) is 30.1 Å². The van der Waals surface area contributed by atoms with Gasteiger partial charge in [0.15, 0.2) is 0 Å². The van der Waals surface area contributed by atoms with Gasteiger partial charge in [0.05, 0.1) is 17.1 Å². The van der Waals surface area contributed by atoms with E-state index < -0.39 is 6.04 Å². The Kier molecular flexibility index (Phi) is 8.49. The lowest BCUT2D eigenvalue weighted by Gasteiger charge is -2.18. The Labute approximate surface area is 190 Å². The molecule has 162 valence electrons. The van der Waals surface area contributed by atoms with Gasteiger partial charge >= 0.3 is 0 Å². The van der Waals surface area contributed by atoms with Gasteiger partial charge < -0.3 is 10.6 Å². The highest BCUT2D eigenvalue weighted by molar-refractivity contribution is 7.98. The molecule has 0 spiro atoms. The Balaban J connectivity index is 1.57. The highest BCUT2D eigenvalue weighted by Gasteiger charge is 2.22. The van der Waals surface area contributed by atoms with Crippen LogP contribution in [0.25, 0.3) is 0 Å². The first-order valence-corrected chi connectivity index (χ1v) is 11.6. The van der Waals surface area contributed by atoms with Crippen molar-refractivity contribution < 1.29 is 9.59 Å². The number of aromatic nitrogens is 3. The minimum absolute atomic E-state index is 0.221. The van der Waals surface area contributed by atoms with Gasteiger partial charge in [0.25, 0.3) is 5.91 Å². The average molecular weight is 458 g/mol. The highest BCUT2D eigenvalue weighted by Crippen LogP contribution is 2.15. The van der Waals surface area contributed by atoms with Crippen LogP contribution >= 0.6 is 23.4 Å². The summed E-state index contributed by atoms with van der Waals surface area (Å²) in [6, 6.07) is 14.1. The topological polar surface area (TPSA) is 88.9 Å². The molecular weight excluding hydrogens is 434 g/mol. The second-order valence-corrected chi connectivity index (χ2v) is 8.31.